The fourth-order valence-corrected chi connectivity index (χ4v) is 3.77. The summed E-state index contributed by atoms with van der Waals surface area (Å²) in [6.45, 7) is 2.85. The summed E-state index contributed by atoms with van der Waals surface area (Å²) in [5.41, 5.74) is 2.10. The lowest BCUT2D eigenvalue weighted by Gasteiger charge is -2.25. The summed E-state index contributed by atoms with van der Waals surface area (Å²) in [5.74, 6) is 2.86. The smallest absolute Gasteiger partial charge is 0.241 e. The summed E-state index contributed by atoms with van der Waals surface area (Å²) >= 11 is 0. The van der Waals surface area contributed by atoms with Crippen molar-refractivity contribution in [3.63, 3.8) is 0 Å². The molecule has 27 heavy (non-hydrogen) atoms. The second-order valence-corrected chi connectivity index (χ2v) is 6.79. The number of rotatable bonds is 4. The SMILES string of the molecule is c1cncc(-c2noc(CN3CCCC3c3ccc4c(c3)OCCO4)n2)c1. The molecule has 7 nitrogen and oxygen atoms in total. The number of ether oxygens (including phenoxy) is 2. The highest BCUT2D eigenvalue weighted by molar-refractivity contribution is 5.51. The molecule has 0 amide bonds. The molecule has 5 rings (SSSR count). The molecule has 0 N–H and O–H groups in total. The van der Waals surface area contributed by atoms with Gasteiger partial charge in [-0.05, 0) is 49.2 Å². The van der Waals surface area contributed by atoms with Crippen molar-refractivity contribution in [2.75, 3.05) is 19.8 Å². The van der Waals surface area contributed by atoms with Crippen LogP contribution in [-0.2, 0) is 6.54 Å². The fraction of sp³-hybridized carbons (Fsp3) is 0.350. The van der Waals surface area contributed by atoms with Gasteiger partial charge in [0.15, 0.2) is 11.5 Å². The molecular formula is C20H20N4O3. The Kier molecular flexibility index (Phi) is 4.21. The fourth-order valence-electron chi connectivity index (χ4n) is 3.77. The van der Waals surface area contributed by atoms with Gasteiger partial charge in [0.2, 0.25) is 11.7 Å². The van der Waals surface area contributed by atoms with Crippen LogP contribution >= 0.6 is 0 Å². The lowest BCUT2D eigenvalue weighted by atomic mass is 10.0. The van der Waals surface area contributed by atoms with Crippen molar-refractivity contribution < 1.29 is 14.0 Å². The number of pyridine rings is 1. The number of benzene rings is 1. The summed E-state index contributed by atoms with van der Waals surface area (Å²) < 4.78 is 16.9. The van der Waals surface area contributed by atoms with Gasteiger partial charge in [0.1, 0.15) is 13.2 Å². The predicted octanol–water partition coefficient (Wildman–Crippen LogP) is 3.24. The van der Waals surface area contributed by atoms with Gasteiger partial charge in [-0.25, -0.2) is 0 Å². The standard InChI is InChI=1S/C20H20N4O3/c1-3-15(12-21-7-1)20-22-19(27-23-20)13-24-8-2-4-16(24)14-5-6-17-18(11-14)26-10-9-25-17/h1,3,5-7,11-12,16H,2,4,8-10,13H2. The Bertz CT molecular complexity index is 928. The zero-order chi connectivity index (χ0) is 18.1. The van der Waals surface area contributed by atoms with E-state index in [0.717, 1.165) is 36.4 Å². The molecule has 1 saturated heterocycles. The van der Waals surface area contributed by atoms with Gasteiger partial charge < -0.3 is 14.0 Å². The Balaban J connectivity index is 1.34. The zero-order valence-electron chi connectivity index (χ0n) is 14.9. The van der Waals surface area contributed by atoms with Gasteiger partial charge in [-0.1, -0.05) is 11.2 Å². The Morgan fingerprint density at radius 3 is 2.93 bits per heavy atom. The van der Waals surface area contributed by atoms with Crippen LogP contribution in [0.5, 0.6) is 11.5 Å². The van der Waals surface area contributed by atoms with Crippen LogP contribution in [0.1, 0.15) is 30.3 Å². The van der Waals surface area contributed by atoms with Crippen molar-refractivity contribution >= 4 is 0 Å². The Morgan fingerprint density at radius 1 is 1.11 bits per heavy atom. The maximum atomic E-state index is 5.74. The highest BCUT2D eigenvalue weighted by Gasteiger charge is 2.29. The maximum absolute atomic E-state index is 5.74. The van der Waals surface area contributed by atoms with Gasteiger partial charge in [-0.2, -0.15) is 4.98 Å². The van der Waals surface area contributed by atoms with Crippen LogP contribution < -0.4 is 9.47 Å². The molecule has 2 aliphatic heterocycles. The highest BCUT2D eigenvalue weighted by Crippen LogP contribution is 2.38. The number of nitrogens with zero attached hydrogens (tertiary/aromatic N) is 4. The van der Waals surface area contributed by atoms with E-state index >= 15 is 0 Å². The summed E-state index contributed by atoms with van der Waals surface area (Å²) in [5, 5.41) is 4.09. The summed E-state index contributed by atoms with van der Waals surface area (Å²) in [7, 11) is 0. The quantitative estimate of drug-likeness (QED) is 0.703. The van der Waals surface area contributed by atoms with E-state index in [9.17, 15) is 0 Å². The summed E-state index contributed by atoms with van der Waals surface area (Å²) in [4.78, 5) is 11.0. The molecule has 138 valence electrons. The molecule has 0 aliphatic carbocycles. The average molecular weight is 364 g/mol. The first-order valence-corrected chi connectivity index (χ1v) is 9.23. The minimum absolute atomic E-state index is 0.314. The third-order valence-electron chi connectivity index (χ3n) is 5.04. The van der Waals surface area contributed by atoms with Gasteiger partial charge in [0.25, 0.3) is 0 Å². The molecule has 1 atom stereocenters. The molecule has 1 unspecified atom stereocenters. The molecule has 1 fully saturated rings. The molecule has 0 spiro atoms. The number of likely N-dealkylation sites (tertiary alicyclic amines) is 1. The van der Waals surface area contributed by atoms with Crippen LogP contribution in [0.3, 0.4) is 0 Å². The van der Waals surface area contributed by atoms with Crippen molar-refractivity contribution in [2.45, 2.75) is 25.4 Å². The van der Waals surface area contributed by atoms with E-state index < -0.39 is 0 Å². The van der Waals surface area contributed by atoms with Crippen LogP contribution in [0.2, 0.25) is 0 Å². The first-order valence-electron chi connectivity index (χ1n) is 9.23. The Labute approximate surface area is 156 Å². The van der Waals surface area contributed by atoms with E-state index in [4.69, 9.17) is 14.0 Å². The molecule has 3 aromatic rings. The van der Waals surface area contributed by atoms with Gasteiger partial charge in [0.05, 0.1) is 6.54 Å². The van der Waals surface area contributed by atoms with E-state index in [1.54, 1.807) is 12.4 Å². The normalized spacial score (nSPS) is 19.3. The molecule has 2 aromatic heterocycles. The number of hydrogen-bond donors (Lipinski definition) is 0. The van der Waals surface area contributed by atoms with Crippen LogP contribution in [0, 0.1) is 0 Å². The largest absolute Gasteiger partial charge is 0.486 e. The number of fused-ring (bicyclic) bond motifs is 1. The topological polar surface area (TPSA) is 73.5 Å². The Morgan fingerprint density at radius 2 is 2.04 bits per heavy atom. The van der Waals surface area contributed by atoms with Crippen LogP contribution in [0.15, 0.2) is 47.2 Å². The molecule has 0 radical (unpaired) electrons. The number of hydrogen-bond acceptors (Lipinski definition) is 7. The van der Waals surface area contributed by atoms with E-state index in [2.05, 4.69) is 32.2 Å². The monoisotopic (exact) mass is 364 g/mol. The van der Waals surface area contributed by atoms with Crippen molar-refractivity contribution in [1.82, 2.24) is 20.0 Å². The summed E-state index contributed by atoms with van der Waals surface area (Å²) in [6, 6.07) is 10.3. The van der Waals surface area contributed by atoms with Crippen LogP contribution in [0.25, 0.3) is 11.4 Å². The molecule has 1 aromatic carbocycles. The van der Waals surface area contributed by atoms with Gasteiger partial charge in [-0.3, -0.25) is 9.88 Å². The third-order valence-corrected chi connectivity index (χ3v) is 5.04. The summed E-state index contributed by atoms with van der Waals surface area (Å²) in [6.07, 6.45) is 5.71. The van der Waals surface area contributed by atoms with E-state index in [0.29, 0.717) is 37.5 Å². The third kappa shape index (κ3) is 3.26. The highest BCUT2D eigenvalue weighted by atomic mass is 16.6. The van der Waals surface area contributed by atoms with Crippen molar-refractivity contribution in [3.05, 3.63) is 54.2 Å². The van der Waals surface area contributed by atoms with Gasteiger partial charge >= 0.3 is 0 Å². The number of aromatic nitrogens is 3. The van der Waals surface area contributed by atoms with E-state index in [1.807, 2.05) is 18.2 Å². The second kappa shape index (κ2) is 7.00. The lowest BCUT2D eigenvalue weighted by molar-refractivity contribution is 0.170. The van der Waals surface area contributed by atoms with E-state index in [-0.39, 0.29) is 0 Å². The maximum Gasteiger partial charge on any atom is 0.241 e. The lowest BCUT2D eigenvalue weighted by Crippen LogP contribution is -2.23. The van der Waals surface area contributed by atoms with Gasteiger partial charge in [0, 0.05) is 24.0 Å². The van der Waals surface area contributed by atoms with Crippen molar-refractivity contribution in [2.24, 2.45) is 0 Å². The van der Waals surface area contributed by atoms with Crippen LogP contribution in [0.4, 0.5) is 0 Å². The Hall–Kier alpha value is -2.93. The second-order valence-electron chi connectivity index (χ2n) is 6.79. The molecule has 7 heteroatoms. The first kappa shape index (κ1) is 16.3. The molecule has 2 aliphatic rings. The zero-order valence-corrected chi connectivity index (χ0v) is 14.9. The molecule has 0 bridgehead atoms. The molecular weight excluding hydrogens is 344 g/mol. The minimum Gasteiger partial charge on any atom is -0.486 e. The van der Waals surface area contributed by atoms with Crippen LogP contribution in [-0.4, -0.2) is 39.8 Å². The molecule has 0 saturated carbocycles. The average Bonchev–Trinajstić information content (AvgIpc) is 3.38. The first-order chi connectivity index (χ1) is 13.4. The molecule has 4 heterocycles. The minimum atomic E-state index is 0.314. The van der Waals surface area contributed by atoms with Crippen molar-refractivity contribution in [3.8, 4) is 22.9 Å². The predicted molar refractivity (Wildman–Crippen MR) is 97.3 cm³/mol. The van der Waals surface area contributed by atoms with Crippen molar-refractivity contribution in [1.29, 1.82) is 0 Å². The van der Waals surface area contributed by atoms with Gasteiger partial charge in [-0.15, -0.1) is 0 Å². The van der Waals surface area contributed by atoms with E-state index in [1.165, 1.54) is 5.56 Å².